The predicted octanol–water partition coefficient (Wildman–Crippen LogP) is 2.72. The van der Waals surface area contributed by atoms with Gasteiger partial charge in [-0.25, -0.2) is 0 Å². The molecule has 0 unspecified atom stereocenters. The summed E-state index contributed by atoms with van der Waals surface area (Å²) in [5.41, 5.74) is 2.65. The lowest BCUT2D eigenvalue weighted by molar-refractivity contribution is 0.276. The molecule has 0 aliphatic heterocycles. The van der Waals surface area contributed by atoms with Gasteiger partial charge in [-0.15, -0.1) is 11.7 Å². The number of nitriles is 1. The van der Waals surface area contributed by atoms with Crippen LogP contribution in [0, 0.1) is 11.3 Å². The smallest absolute Gasteiger partial charge is 0.170 e. The Hall–Kier alpha value is -3.30. The summed E-state index contributed by atoms with van der Waals surface area (Å²) in [7, 11) is 0. The summed E-state index contributed by atoms with van der Waals surface area (Å²) in [5.74, 6) is 0.754. The van der Waals surface area contributed by atoms with Crippen LogP contribution in [0.2, 0.25) is 0 Å². The van der Waals surface area contributed by atoms with Gasteiger partial charge < -0.3 is 0 Å². The number of tetrazole rings is 1. The summed E-state index contributed by atoms with van der Waals surface area (Å²) >= 11 is 0. The molecule has 0 saturated heterocycles. The highest BCUT2D eigenvalue weighted by molar-refractivity contribution is 5.33. The molecule has 0 amide bonds. The van der Waals surface area contributed by atoms with Crippen molar-refractivity contribution in [2.24, 2.45) is 0 Å². The van der Waals surface area contributed by atoms with Gasteiger partial charge in [0.15, 0.2) is 5.82 Å². The number of aromatic nitrogens is 4. The fraction of sp³-hybridized carbons (Fsp3) is 0.158. The molecule has 0 aliphatic carbocycles. The molecule has 2 aromatic carbocycles. The van der Waals surface area contributed by atoms with E-state index < -0.39 is 0 Å². The van der Waals surface area contributed by atoms with E-state index in [1.165, 1.54) is 0 Å². The van der Waals surface area contributed by atoms with Crippen molar-refractivity contribution in [1.29, 1.82) is 5.26 Å². The summed E-state index contributed by atoms with van der Waals surface area (Å²) in [6.45, 7) is 5.78. The first-order valence-corrected chi connectivity index (χ1v) is 7.95. The molecule has 124 valence electrons. The summed E-state index contributed by atoms with van der Waals surface area (Å²) in [4.78, 5) is 2.18. The topological polar surface area (TPSA) is 70.6 Å². The van der Waals surface area contributed by atoms with E-state index in [9.17, 15) is 0 Å². The molecule has 0 radical (unpaired) electrons. The highest BCUT2D eigenvalue weighted by Crippen LogP contribution is 2.13. The van der Waals surface area contributed by atoms with Gasteiger partial charge in [0.25, 0.3) is 0 Å². The molecule has 0 N–H and O–H groups in total. The number of hydrogen-bond acceptors (Lipinski definition) is 5. The third kappa shape index (κ3) is 4.16. The second kappa shape index (κ2) is 7.99. The Morgan fingerprint density at radius 3 is 2.72 bits per heavy atom. The highest BCUT2D eigenvalue weighted by atomic mass is 15.5. The second-order valence-corrected chi connectivity index (χ2v) is 5.61. The summed E-state index contributed by atoms with van der Waals surface area (Å²) in [6, 6.07) is 19.6. The van der Waals surface area contributed by atoms with Crippen LogP contribution in [0.5, 0.6) is 0 Å². The van der Waals surface area contributed by atoms with Gasteiger partial charge in [-0.3, -0.25) is 4.90 Å². The van der Waals surface area contributed by atoms with Crippen LogP contribution in [0.25, 0.3) is 5.69 Å². The summed E-state index contributed by atoms with van der Waals surface area (Å²) in [6.07, 6.45) is 1.85. The van der Waals surface area contributed by atoms with Gasteiger partial charge in [0.2, 0.25) is 0 Å². The largest absolute Gasteiger partial charge is 0.288 e. The van der Waals surface area contributed by atoms with Crippen LogP contribution >= 0.6 is 0 Å². The number of nitrogens with zero attached hydrogens (tertiary/aromatic N) is 6. The third-order valence-electron chi connectivity index (χ3n) is 3.75. The van der Waals surface area contributed by atoms with Crippen molar-refractivity contribution in [2.75, 3.05) is 6.54 Å². The maximum absolute atomic E-state index is 9.06. The Labute approximate surface area is 146 Å². The van der Waals surface area contributed by atoms with Crippen LogP contribution in [-0.4, -0.2) is 31.7 Å². The number of hydrogen-bond donors (Lipinski definition) is 0. The van der Waals surface area contributed by atoms with E-state index in [2.05, 4.69) is 33.1 Å². The highest BCUT2D eigenvalue weighted by Gasteiger charge is 2.13. The first-order chi connectivity index (χ1) is 12.3. The molecule has 3 aromatic rings. The minimum absolute atomic E-state index is 0.574. The number of benzene rings is 2. The zero-order chi connectivity index (χ0) is 17.5. The van der Waals surface area contributed by atoms with E-state index in [0.29, 0.717) is 25.2 Å². The number of rotatable bonds is 7. The zero-order valence-corrected chi connectivity index (χ0v) is 13.8. The Balaban J connectivity index is 1.80. The van der Waals surface area contributed by atoms with Crippen LogP contribution in [0.3, 0.4) is 0 Å². The fourth-order valence-electron chi connectivity index (χ4n) is 2.64. The molecular formula is C19H18N6. The molecule has 3 rings (SSSR count). The van der Waals surface area contributed by atoms with Crippen molar-refractivity contribution in [3.05, 3.63) is 84.2 Å². The molecule has 1 aromatic heterocycles. The maximum Gasteiger partial charge on any atom is 0.170 e. The van der Waals surface area contributed by atoms with E-state index in [-0.39, 0.29) is 0 Å². The third-order valence-corrected chi connectivity index (χ3v) is 3.75. The van der Waals surface area contributed by atoms with Gasteiger partial charge in [-0.1, -0.05) is 36.4 Å². The van der Waals surface area contributed by atoms with Crippen molar-refractivity contribution < 1.29 is 0 Å². The van der Waals surface area contributed by atoms with Crippen LogP contribution < -0.4 is 0 Å². The van der Waals surface area contributed by atoms with Crippen molar-refractivity contribution in [3.8, 4) is 11.8 Å². The molecule has 0 fully saturated rings. The van der Waals surface area contributed by atoms with Crippen LogP contribution in [0.4, 0.5) is 0 Å². The van der Waals surface area contributed by atoms with E-state index >= 15 is 0 Å². The molecule has 0 bridgehead atoms. The quantitative estimate of drug-likeness (QED) is 0.623. The second-order valence-electron chi connectivity index (χ2n) is 5.61. The Morgan fingerprint density at radius 2 is 1.96 bits per heavy atom. The van der Waals surface area contributed by atoms with Crippen molar-refractivity contribution in [2.45, 2.75) is 13.1 Å². The van der Waals surface area contributed by atoms with Gasteiger partial charge in [-0.2, -0.15) is 9.94 Å². The average Bonchev–Trinajstić information content (AvgIpc) is 3.11. The van der Waals surface area contributed by atoms with Crippen LogP contribution in [0.15, 0.2) is 67.3 Å². The lowest BCUT2D eigenvalue weighted by atomic mass is 10.1. The molecule has 0 aliphatic rings. The van der Waals surface area contributed by atoms with Gasteiger partial charge in [-0.05, 0) is 40.3 Å². The molecule has 1 heterocycles. The first-order valence-electron chi connectivity index (χ1n) is 7.95. The van der Waals surface area contributed by atoms with Crippen LogP contribution in [0.1, 0.15) is 17.0 Å². The molecule has 0 atom stereocenters. The first kappa shape index (κ1) is 16.6. The van der Waals surface area contributed by atoms with Gasteiger partial charge in [0, 0.05) is 13.1 Å². The zero-order valence-electron chi connectivity index (χ0n) is 13.8. The standard InChI is InChI=1S/C19H18N6/c1-2-11-24(14-17-8-6-7-16(12-17)13-20)15-19-21-22-23-25(19)18-9-4-3-5-10-18/h2-10,12H,1,11,14-15H2. The molecule has 0 saturated carbocycles. The van der Waals surface area contributed by atoms with Crippen LogP contribution in [-0.2, 0) is 13.1 Å². The molecule has 6 heteroatoms. The Kier molecular flexibility index (Phi) is 5.29. The maximum atomic E-state index is 9.06. The molecule has 25 heavy (non-hydrogen) atoms. The van der Waals surface area contributed by atoms with Gasteiger partial charge in [0.1, 0.15) is 0 Å². The average molecular weight is 330 g/mol. The SMILES string of the molecule is C=CCN(Cc1cccc(C#N)c1)Cc1nnnn1-c1ccccc1. The van der Waals surface area contributed by atoms with E-state index in [1.807, 2.05) is 54.6 Å². The lowest BCUT2D eigenvalue weighted by Crippen LogP contribution is -2.25. The Bertz CT molecular complexity index is 878. The van der Waals surface area contributed by atoms with Gasteiger partial charge >= 0.3 is 0 Å². The van der Waals surface area contributed by atoms with E-state index in [1.54, 1.807) is 10.7 Å². The predicted molar refractivity (Wildman–Crippen MR) is 94.6 cm³/mol. The van der Waals surface area contributed by atoms with Gasteiger partial charge in [0.05, 0.1) is 23.9 Å². The van der Waals surface area contributed by atoms with E-state index in [0.717, 1.165) is 17.1 Å². The van der Waals surface area contributed by atoms with Crippen molar-refractivity contribution >= 4 is 0 Å². The van der Waals surface area contributed by atoms with E-state index in [4.69, 9.17) is 5.26 Å². The number of para-hydroxylation sites is 1. The summed E-state index contributed by atoms with van der Waals surface area (Å²) in [5, 5.41) is 21.1. The molecular weight excluding hydrogens is 312 g/mol. The van der Waals surface area contributed by atoms with Crippen molar-refractivity contribution in [3.63, 3.8) is 0 Å². The normalized spacial score (nSPS) is 10.6. The van der Waals surface area contributed by atoms with Crippen molar-refractivity contribution in [1.82, 2.24) is 25.1 Å². The fourth-order valence-corrected chi connectivity index (χ4v) is 2.64. The molecule has 0 spiro atoms. The monoisotopic (exact) mass is 330 g/mol. The summed E-state index contributed by atoms with van der Waals surface area (Å²) < 4.78 is 1.74. The molecule has 6 nitrogen and oxygen atoms in total. The Morgan fingerprint density at radius 1 is 1.12 bits per heavy atom. The lowest BCUT2D eigenvalue weighted by Gasteiger charge is -2.20. The minimum Gasteiger partial charge on any atom is -0.288 e. The minimum atomic E-state index is 0.574.